The fourth-order valence-electron chi connectivity index (χ4n) is 2.78. The Balaban J connectivity index is 2.35. The lowest BCUT2D eigenvalue weighted by Gasteiger charge is -2.17. The zero-order valence-electron chi connectivity index (χ0n) is 10.3. The topological polar surface area (TPSA) is 69.4 Å². The summed E-state index contributed by atoms with van der Waals surface area (Å²) in [7, 11) is 0. The Hall–Kier alpha value is -2.88. The molecule has 0 fully saturated rings. The van der Waals surface area contributed by atoms with Crippen molar-refractivity contribution in [3.63, 3.8) is 0 Å². The van der Waals surface area contributed by atoms with Crippen molar-refractivity contribution in [2.24, 2.45) is 0 Å². The molecule has 0 bridgehead atoms. The summed E-state index contributed by atoms with van der Waals surface area (Å²) in [6.07, 6.45) is 0. The summed E-state index contributed by atoms with van der Waals surface area (Å²) in [6.45, 7) is 0. The number of hydrogen-bond acceptors (Lipinski definition) is 4. The van der Waals surface area contributed by atoms with Crippen molar-refractivity contribution in [2.45, 2.75) is 0 Å². The molecule has 20 heavy (non-hydrogen) atoms. The molecular formula is C16H9NO3. The number of rotatable bonds is 0. The highest BCUT2D eigenvalue weighted by Gasteiger charge is 2.28. The summed E-state index contributed by atoms with van der Waals surface area (Å²) in [5, 5.41) is 3.30. The fraction of sp³-hybridized carbons (Fsp3) is 0. The summed E-state index contributed by atoms with van der Waals surface area (Å²) in [4.78, 5) is 23.8. The number of benzene rings is 3. The molecule has 4 rings (SSSR count). The molecule has 1 heterocycles. The van der Waals surface area contributed by atoms with Crippen LogP contribution in [0.5, 0.6) is 0 Å². The minimum absolute atomic E-state index is 0.348. The Morgan fingerprint density at radius 2 is 1.55 bits per heavy atom. The maximum absolute atomic E-state index is 11.9. The normalized spacial score (nSPS) is 13.8. The van der Waals surface area contributed by atoms with Crippen LogP contribution in [0.3, 0.4) is 0 Å². The minimum Gasteiger partial charge on any atom is -0.399 e. The number of cyclic esters (lactones) is 2. The number of hydrogen-bond donors (Lipinski definition) is 1. The van der Waals surface area contributed by atoms with Crippen molar-refractivity contribution in [3.05, 3.63) is 53.6 Å². The lowest BCUT2D eigenvalue weighted by Crippen LogP contribution is -2.20. The lowest BCUT2D eigenvalue weighted by molar-refractivity contribution is 0.0391. The van der Waals surface area contributed by atoms with Gasteiger partial charge in [-0.15, -0.1) is 0 Å². The Bertz CT molecular complexity index is 928. The van der Waals surface area contributed by atoms with Gasteiger partial charge < -0.3 is 10.5 Å². The van der Waals surface area contributed by atoms with Crippen LogP contribution >= 0.6 is 0 Å². The summed E-state index contributed by atoms with van der Waals surface area (Å²) in [5.41, 5.74) is 7.10. The smallest absolute Gasteiger partial charge is 0.346 e. The van der Waals surface area contributed by atoms with E-state index in [-0.39, 0.29) is 0 Å². The highest BCUT2D eigenvalue weighted by molar-refractivity contribution is 6.26. The molecule has 96 valence electrons. The van der Waals surface area contributed by atoms with Gasteiger partial charge in [0.05, 0.1) is 11.1 Å². The molecule has 0 spiro atoms. The van der Waals surface area contributed by atoms with Crippen molar-refractivity contribution in [3.8, 4) is 0 Å². The number of carbonyl (C=O) groups is 2. The Kier molecular flexibility index (Phi) is 1.96. The molecule has 0 aromatic heterocycles. The van der Waals surface area contributed by atoms with Crippen LogP contribution in [0.4, 0.5) is 5.69 Å². The molecule has 1 aliphatic rings. The number of ether oxygens (including phenoxy) is 1. The monoisotopic (exact) mass is 263 g/mol. The third kappa shape index (κ3) is 1.30. The van der Waals surface area contributed by atoms with E-state index in [2.05, 4.69) is 0 Å². The average Bonchev–Trinajstić information content (AvgIpc) is 2.44. The number of fused-ring (bicyclic) bond motifs is 2. The van der Waals surface area contributed by atoms with Crippen molar-refractivity contribution >= 4 is 39.2 Å². The van der Waals surface area contributed by atoms with Crippen LogP contribution in [-0.2, 0) is 4.74 Å². The quantitative estimate of drug-likeness (QED) is 0.293. The summed E-state index contributed by atoms with van der Waals surface area (Å²) < 4.78 is 4.77. The van der Waals surface area contributed by atoms with Crippen molar-refractivity contribution < 1.29 is 14.3 Å². The average molecular weight is 263 g/mol. The third-order valence-electron chi connectivity index (χ3n) is 3.61. The molecule has 0 atom stereocenters. The van der Waals surface area contributed by atoms with Gasteiger partial charge >= 0.3 is 11.9 Å². The standard InChI is InChI=1S/C16H9NO3/c17-9-6-11-10-4-2-1-3-8(10)5-12-14(11)13(7-9)16(19)20-15(12)18/h1-7H,17H2. The molecule has 4 nitrogen and oxygen atoms in total. The molecule has 0 saturated heterocycles. The van der Waals surface area contributed by atoms with Gasteiger partial charge in [-0.05, 0) is 34.4 Å². The second-order valence-electron chi connectivity index (χ2n) is 4.81. The zero-order chi connectivity index (χ0) is 13.9. The second-order valence-corrected chi connectivity index (χ2v) is 4.81. The van der Waals surface area contributed by atoms with Gasteiger partial charge in [-0.25, -0.2) is 9.59 Å². The van der Waals surface area contributed by atoms with E-state index in [9.17, 15) is 9.59 Å². The Labute approximate surface area is 113 Å². The van der Waals surface area contributed by atoms with Crippen molar-refractivity contribution in [2.75, 3.05) is 5.73 Å². The molecule has 2 N–H and O–H groups in total. The van der Waals surface area contributed by atoms with Crippen molar-refractivity contribution in [1.29, 1.82) is 0 Å². The predicted octanol–water partition coefficient (Wildman–Crippen LogP) is 2.89. The predicted molar refractivity (Wildman–Crippen MR) is 75.6 cm³/mol. The largest absolute Gasteiger partial charge is 0.399 e. The van der Waals surface area contributed by atoms with Gasteiger partial charge in [-0.2, -0.15) is 0 Å². The van der Waals surface area contributed by atoms with Gasteiger partial charge in [0.25, 0.3) is 0 Å². The van der Waals surface area contributed by atoms with E-state index in [1.807, 2.05) is 24.3 Å². The van der Waals surface area contributed by atoms with Gasteiger partial charge in [0.15, 0.2) is 0 Å². The molecule has 1 aliphatic heterocycles. The SMILES string of the molecule is Nc1cc2c3c(cc4ccccc4c3c1)C(=O)OC2=O. The maximum atomic E-state index is 11.9. The van der Waals surface area contributed by atoms with Gasteiger partial charge in [-0.3, -0.25) is 0 Å². The molecule has 0 radical (unpaired) electrons. The van der Waals surface area contributed by atoms with Crippen LogP contribution in [0.25, 0.3) is 21.5 Å². The van der Waals surface area contributed by atoms with Crippen LogP contribution in [0, 0.1) is 0 Å². The first kappa shape index (κ1) is 11.0. The highest BCUT2D eigenvalue weighted by atomic mass is 16.6. The lowest BCUT2D eigenvalue weighted by atomic mass is 9.92. The first-order valence-corrected chi connectivity index (χ1v) is 6.16. The molecular weight excluding hydrogens is 254 g/mol. The molecule has 3 aromatic carbocycles. The first-order valence-electron chi connectivity index (χ1n) is 6.16. The van der Waals surface area contributed by atoms with Gasteiger partial charge in [0, 0.05) is 11.1 Å². The second kappa shape index (κ2) is 3.57. The first-order chi connectivity index (χ1) is 9.65. The van der Waals surface area contributed by atoms with E-state index < -0.39 is 11.9 Å². The number of nitrogens with two attached hydrogens (primary N) is 1. The fourth-order valence-corrected chi connectivity index (χ4v) is 2.78. The van der Waals surface area contributed by atoms with Crippen molar-refractivity contribution in [1.82, 2.24) is 0 Å². The van der Waals surface area contributed by atoms with E-state index in [1.54, 1.807) is 18.2 Å². The van der Waals surface area contributed by atoms with E-state index >= 15 is 0 Å². The van der Waals surface area contributed by atoms with E-state index in [0.29, 0.717) is 22.2 Å². The summed E-state index contributed by atoms with van der Waals surface area (Å²) in [5.74, 6) is -1.25. The van der Waals surface area contributed by atoms with Gasteiger partial charge in [0.2, 0.25) is 0 Å². The molecule has 3 aromatic rings. The number of anilines is 1. The third-order valence-corrected chi connectivity index (χ3v) is 3.61. The summed E-state index contributed by atoms with van der Waals surface area (Å²) >= 11 is 0. The van der Waals surface area contributed by atoms with Gasteiger partial charge in [-0.1, -0.05) is 24.3 Å². The Morgan fingerprint density at radius 1 is 0.850 bits per heavy atom. The summed E-state index contributed by atoms with van der Waals surface area (Å²) in [6, 6.07) is 12.8. The van der Waals surface area contributed by atoms with Crippen LogP contribution < -0.4 is 5.73 Å². The van der Waals surface area contributed by atoms with Crippen LogP contribution in [-0.4, -0.2) is 11.9 Å². The van der Waals surface area contributed by atoms with E-state index in [0.717, 1.165) is 16.2 Å². The van der Waals surface area contributed by atoms with Crippen LogP contribution in [0.2, 0.25) is 0 Å². The maximum Gasteiger partial charge on any atom is 0.346 e. The molecule has 4 heteroatoms. The van der Waals surface area contributed by atoms with Gasteiger partial charge in [0.1, 0.15) is 0 Å². The highest BCUT2D eigenvalue weighted by Crippen LogP contribution is 2.36. The molecule has 0 amide bonds. The molecule has 0 aliphatic carbocycles. The number of nitrogen functional groups attached to an aromatic ring is 1. The van der Waals surface area contributed by atoms with Crippen LogP contribution in [0.15, 0.2) is 42.5 Å². The van der Waals surface area contributed by atoms with E-state index in [4.69, 9.17) is 10.5 Å². The van der Waals surface area contributed by atoms with Crippen LogP contribution in [0.1, 0.15) is 20.7 Å². The number of carbonyl (C=O) groups excluding carboxylic acids is 2. The molecule has 0 saturated carbocycles. The zero-order valence-corrected chi connectivity index (χ0v) is 10.3. The number of esters is 2. The van der Waals surface area contributed by atoms with E-state index in [1.165, 1.54) is 0 Å². The minimum atomic E-state index is -0.643. The Morgan fingerprint density at radius 3 is 2.35 bits per heavy atom. The molecule has 0 unspecified atom stereocenters.